The molecule has 5 heteroatoms. The van der Waals surface area contributed by atoms with E-state index in [4.69, 9.17) is 5.73 Å². The lowest BCUT2D eigenvalue weighted by Crippen LogP contribution is -2.60. The largest absolute Gasteiger partial charge is 0.368 e. The molecule has 4 atom stereocenters. The summed E-state index contributed by atoms with van der Waals surface area (Å²) >= 11 is 0. The van der Waals surface area contributed by atoms with Gasteiger partial charge in [-0.15, -0.1) is 0 Å². The van der Waals surface area contributed by atoms with Gasteiger partial charge < -0.3 is 5.73 Å². The highest BCUT2D eigenvalue weighted by atomic mass is 16.2. The standard InChI is InChI=1S/C17H22N4O/c1-15-11-21(20-10-13-5-3-4-8-19-13)17(14(18)22)9-12(15)6-7-16(15,17)2/h3-5,8,10,12H,6-7,9,11H2,1-2H3,(H2,18,22)/b20-10-/t12-,15-,16+,17-/m1/s1. The molecule has 3 aliphatic rings. The lowest BCUT2D eigenvalue weighted by Gasteiger charge is -2.44. The van der Waals surface area contributed by atoms with Gasteiger partial charge in [0.05, 0.1) is 11.9 Å². The number of nitrogens with two attached hydrogens (primary N) is 1. The number of primary amides is 1. The number of carbonyl (C=O) groups is 1. The fraction of sp³-hybridized carbons (Fsp3) is 0.588. The van der Waals surface area contributed by atoms with Gasteiger partial charge >= 0.3 is 0 Å². The Labute approximate surface area is 130 Å². The predicted molar refractivity (Wildman–Crippen MR) is 84.0 cm³/mol. The molecule has 2 saturated carbocycles. The van der Waals surface area contributed by atoms with E-state index in [0.717, 1.165) is 25.1 Å². The van der Waals surface area contributed by atoms with E-state index in [-0.39, 0.29) is 16.7 Å². The van der Waals surface area contributed by atoms with Gasteiger partial charge in [-0.2, -0.15) is 5.10 Å². The number of aromatic nitrogens is 1. The molecule has 2 heterocycles. The van der Waals surface area contributed by atoms with Gasteiger partial charge in [0.15, 0.2) is 0 Å². The quantitative estimate of drug-likeness (QED) is 0.865. The third kappa shape index (κ3) is 1.33. The highest BCUT2D eigenvalue weighted by molar-refractivity contribution is 5.88. The van der Waals surface area contributed by atoms with E-state index in [1.807, 2.05) is 23.2 Å². The minimum atomic E-state index is -0.629. The van der Waals surface area contributed by atoms with Gasteiger partial charge in [-0.3, -0.25) is 14.8 Å². The number of rotatable bonds is 3. The number of hydrazone groups is 1. The SMILES string of the molecule is C[C@@]12CC[C@@H]3C[C@]1(C(N)=O)N(/N=C\c1ccccn1)C[C@]32C. The molecule has 2 N–H and O–H groups in total. The smallest absolute Gasteiger partial charge is 0.245 e. The van der Waals surface area contributed by atoms with Crippen molar-refractivity contribution in [3.05, 3.63) is 30.1 Å². The maximum atomic E-state index is 12.4. The van der Waals surface area contributed by atoms with Crippen LogP contribution in [0, 0.1) is 16.7 Å². The van der Waals surface area contributed by atoms with Crippen LogP contribution in [0.4, 0.5) is 0 Å². The Kier molecular flexibility index (Phi) is 2.55. The average molecular weight is 298 g/mol. The van der Waals surface area contributed by atoms with Crippen LogP contribution in [0.3, 0.4) is 0 Å². The molecule has 1 amide bonds. The molecule has 5 nitrogen and oxygen atoms in total. The molecule has 3 fully saturated rings. The second-order valence-electron chi connectivity index (χ2n) is 7.47. The molecule has 0 spiro atoms. The number of hydrogen-bond donors (Lipinski definition) is 1. The van der Waals surface area contributed by atoms with E-state index in [9.17, 15) is 4.79 Å². The van der Waals surface area contributed by atoms with Crippen LogP contribution in [0.25, 0.3) is 0 Å². The topological polar surface area (TPSA) is 71.6 Å². The third-order valence-electron chi connectivity index (χ3n) is 6.95. The fourth-order valence-electron chi connectivity index (χ4n) is 5.47. The summed E-state index contributed by atoms with van der Waals surface area (Å²) in [6.07, 6.45) is 6.60. The Bertz CT molecular complexity index is 660. The van der Waals surface area contributed by atoms with Crippen molar-refractivity contribution in [3.8, 4) is 0 Å². The van der Waals surface area contributed by atoms with Gasteiger partial charge in [-0.05, 0) is 42.7 Å². The summed E-state index contributed by atoms with van der Waals surface area (Å²) in [5, 5.41) is 6.58. The molecule has 22 heavy (non-hydrogen) atoms. The Morgan fingerprint density at radius 3 is 2.95 bits per heavy atom. The number of amides is 1. The summed E-state index contributed by atoms with van der Waals surface area (Å²) in [6.45, 7) is 5.35. The van der Waals surface area contributed by atoms with Crippen molar-refractivity contribution in [3.63, 3.8) is 0 Å². The second kappa shape index (κ2) is 4.09. The summed E-state index contributed by atoms with van der Waals surface area (Å²) in [7, 11) is 0. The monoisotopic (exact) mass is 298 g/mol. The molecule has 1 saturated heterocycles. The second-order valence-corrected chi connectivity index (χ2v) is 7.47. The van der Waals surface area contributed by atoms with Crippen LogP contribution in [0.1, 0.15) is 38.8 Å². The Balaban J connectivity index is 1.74. The molecule has 4 bridgehead atoms. The highest BCUT2D eigenvalue weighted by Crippen LogP contribution is 2.75. The zero-order valence-electron chi connectivity index (χ0n) is 13.1. The van der Waals surface area contributed by atoms with Crippen molar-refractivity contribution < 1.29 is 4.79 Å². The number of hydrogen-bond acceptors (Lipinski definition) is 4. The van der Waals surface area contributed by atoms with E-state index in [0.29, 0.717) is 5.92 Å². The number of nitrogens with zero attached hydrogens (tertiary/aromatic N) is 3. The number of pyridine rings is 1. The lowest BCUT2D eigenvalue weighted by molar-refractivity contribution is -0.135. The first kappa shape index (κ1) is 13.7. The van der Waals surface area contributed by atoms with Gasteiger partial charge in [0.25, 0.3) is 0 Å². The van der Waals surface area contributed by atoms with Gasteiger partial charge in [0.2, 0.25) is 5.91 Å². The Morgan fingerprint density at radius 1 is 1.50 bits per heavy atom. The first-order chi connectivity index (χ1) is 10.4. The molecule has 116 valence electrons. The van der Waals surface area contributed by atoms with Crippen LogP contribution in [0.15, 0.2) is 29.5 Å². The van der Waals surface area contributed by atoms with Crippen molar-refractivity contribution in [1.82, 2.24) is 9.99 Å². The normalized spacial score (nSPS) is 42.5. The van der Waals surface area contributed by atoms with E-state index < -0.39 is 5.54 Å². The molecule has 1 aliphatic heterocycles. The summed E-state index contributed by atoms with van der Waals surface area (Å²) in [4.78, 5) is 16.7. The third-order valence-corrected chi connectivity index (χ3v) is 6.95. The summed E-state index contributed by atoms with van der Waals surface area (Å²) in [5.74, 6) is 0.366. The molecule has 0 aromatic carbocycles. The predicted octanol–water partition coefficient (Wildman–Crippen LogP) is 1.78. The van der Waals surface area contributed by atoms with Crippen LogP contribution < -0.4 is 5.73 Å². The first-order valence-corrected chi connectivity index (χ1v) is 7.97. The summed E-state index contributed by atoms with van der Waals surface area (Å²) in [5.41, 5.74) is 6.11. The van der Waals surface area contributed by atoms with Crippen LogP contribution in [-0.2, 0) is 4.79 Å². The molecule has 2 aliphatic carbocycles. The fourth-order valence-corrected chi connectivity index (χ4v) is 5.47. The van der Waals surface area contributed by atoms with Crippen molar-refractivity contribution in [2.24, 2.45) is 27.6 Å². The van der Waals surface area contributed by atoms with Crippen LogP contribution in [-0.4, -0.2) is 34.2 Å². The molecule has 1 aromatic rings. The molecule has 0 radical (unpaired) electrons. The van der Waals surface area contributed by atoms with Crippen molar-refractivity contribution in [2.45, 2.75) is 38.6 Å². The van der Waals surface area contributed by atoms with Crippen LogP contribution in [0.5, 0.6) is 0 Å². The molecular formula is C17H22N4O. The van der Waals surface area contributed by atoms with Crippen molar-refractivity contribution in [1.29, 1.82) is 0 Å². The minimum absolute atomic E-state index is 0.0715. The van der Waals surface area contributed by atoms with E-state index >= 15 is 0 Å². The number of carbonyl (C=O) groups excluding carboxylic acids is 1. The van der Waals surface area contributed by atoms with Crippen molar-refractivity contribution >= 4 is 12.1 Å². The van der Waals surface area contributed by atoms with Crippen LogP contribution >= 0.6 is 0 Å². The van der Waals surface area contributed by atoms with E-state index in [1.165, 1.54) is 6.42 Å². The van der Waals surface area contributed by atoms with Gasteiger partial charge in [-0.1, -0.05) is 19.9 Å². The zero-order chi connectivity index (χ0) is 15.6. The van der Waals surface area contributed by atoms with Gasteiger partial charge in [0.1, 0.15) is 5.54 Å². The molecular weight excluding hydrogens is 276 g/mol. The highest BCUT2D eigenvalue weighted by Gasteiger charge is 2.80. The Morgan fingerprint density at radius 2 is 2.32 bits per heavy atom. The molecule has 4 rings (SSSR count). The van der Waals surface area contributed by atoms with E-state index in [2.05, 4.69) is 23.9 Å². The maximum Gasteiger partial charge on any atom is 0.245 e. The number of piperidine rings is 1. The molecule has 0 unspecified atom stereocenters. The van der Waals surface area contributed by atoms with Gasteiger partial charge in [-0.25, -0.2) is 0 Å². The summed E-state index contributed by atoms with van der Waals surface area (Å²) < 4.78 is 0. The summed E-state index contributed by atoms with van der Waals surface area (Å²) in [6, 6.07) is 5.71. The maximum absolute atomic E-state index is 12.4. The van der Waals surface area contributed by atoms with E-state index in [1.54, 1.807) is 12.4 Å². The average Bonchev–Trinajstić information content (AvgIpc) is 2.95. The molecule has 1 aromatic heterocycles. The first-order valence-electron chi connectivity index (χ1n) is 7.97. The zero-order valence-corrected chi connectivity index (χ0v) is 13.1. The lowest BCUT2D eigenvalue weighted by atomic mass is 9.65. The van der Waals surface area contributed by atoms with Crippen LogP contribution in [0.2, 0.25) is 0 Å². The van der Waals surface area contributed by atoms with Gasteiger partial charge in [0, 0.05) is 18.2 Å². The Hall–Kier alpha value is -1.91. The van der Waals surface area contributed by atoms with Crippen molar-refractivity contribution in [2.75, 3.05) is 6.54 Å². The minimum Gasteiger partial charge on any atom is -0.368 e.